The maximum Gasteiger partial charge on any atom is 0.185 e. The molecule has 4 nitrogen and oxygen atoms in total. The molecule has 0 fully saturated rings. The van der Waals surface area contributed by atoms with Gasteiger partial charge in [0.25, 0.3) is 0 Å². The monoisotopic (exact) mass is 248 g/mol. The Morgan fingerprint density at radius 3 is 2.82 bits per heavy atom. The van der Waals surface area contributed by atoms with Crippen LogP contribution in [0.15, 0.2) is 30.6 Å². The molecular weight excluding hydrogens is 232 g/mol. The lowest BCUT2D eigenvalue weighted by atomic mass is 10.3. The van der Waals surface area contributed by atoms with E-state index in [0.29, 0.717) is 6.54 Å². The van der Waals surface area contributed by atoms with Crippen LogP contribution in [0, 0.1) is 0 Å². The van der Waals surface area contributed by atoms with Crippen LogP contribution in [-0.2, 0) is 13.1 Å². The SMILES string of the molecule is CCN(Cc1ccccn1)c1ncc(CN)s1. The van der Waals surface area contributed by atoms with Gasteiger partial charge in [-0.15, -0.1) is 11.3 Å². The van der Waals surface area contributed by atoms with Crippen molar-refractivity contribution in [2.45, 2.75) is 20.0 Å². The van der Waals surface area contributed by atoms with Crippen LogP contribution in [0.4, 0.5) is 5.13 Å². The molecule has 90 valence electrons. The topological polar surface area (TPSA) is 55.0 Å². The fourth-order valence-corrected chi connectivity index (χ4v) is 2.39. The first-order chi connectivity index (χ1) is 8.33. The van der Waals surface area contributed by atoms with E-state index < -0.39 is 0 Å². The zero-order valence-corrected chi connectivity index (χ0v) is 10.7. The van der Waals surface area contributed by atoms with Crippen molar-refractivity contribution in [1.29, 1.82) is 0 Å². The van der Waals surface area contributed by atoms with Crippen LogP contribution in [0.1, 0.15) is 17.5 Å². The molecule has 0 aliphatic carbocycles. The Bertz CT molecular complexity index is 455. The molecule has 0 atom stereocenters. The maximum atomic E-state index is 5.60. The van der Waals surface area contributed by atoms with Crippen molar-refractivity contribution in [3.05, 3.63) is 41.2 Å². The van der Waals surface area contributed by atoms with E-state index in [0.717, 1.165) is 28.8 Å². The normalized spacial score (nSPS) is 10.5. The van der Waals surface area contributed by atoms with Crippen LogP contribution in [-0.4, -0.2) is 16.5 Å². The molecule has 0 bridgehead atoms. The summed E-state index contributed by atoms with van der Waals surface area (Å²) in [7, 11) is 0. The van der Waals surface area contributed by atoms with Gasteiger partial charge in [0.2, 0.25) is 0 Å². The molecule has 0 spiro atoms. The lowest BCUT2D eigenvalue weighted by Gasteiger charge is -2.18. The Balaban J connectivity index is 2.11. The van der Waals surface area contributed by atoms with E-state index in [2.05, 4.69) is 21.8 Å². The van der Waals surface area contributed by atoms with Crippen LogP contribution >= 0.6 is 11.3 Å². The predicted molar refractivity (Wildman–Crippen MR) is 71.0 cm³/mol. The Morgan fingerprint density at radius 2 is 2.24 bits per heavy atom. The van der Waals surface area contributed by atoms with Crippen LogP contribution in [0.3, 0.4) is 0 Å². The summed E-state index contributed by atoms with van der Waals surface area (Å²) in [5, 5.41) is 1.01. The first kappa shape index (κ1) is 12.0. The zero-order valence-electron chi connectivity index (χ0n) is 9.84. The van der Waals surface area contributed by atoms with Gasteiger partial charge in [-0.2, -0.15) is 0 Å². The molecule has 0 saturated carbocycles. The fraction of sp³-hybridized carbons (Fsp3) is 0.333. The minimum atomic E-state index is 0.554. The van der Waals surface area contributed by atoms with E-state index >= 15 is 0 Å². The second-order valence-corrected chi connectivity index (χ2v) is 4.74. The third-order valence-electron chi connectivity index (χ3n) is 2.47. The van der Waals surface area contributed by atoms with Crippen molar-refractivity contribution in [1.82, 2.24) is 9.97 Å². The summed E-state index contributed by atoms with van der Waals surface area (Å²) in [6.45, 7) is 4.37. The van der Waals surface area contributed by atoms with Crippen LogP contribution in [0.2, 0.25) is 0 Å². The van der Waals surface area contributed by atoms with Gasteiger partial charge in [-0.3, -0.25) is 4.98 Å². The molecule has 0 unspecified atom stereocenters. The highest BCUT2D eigenvalue weighted by Crippen LogP contribution is 2.23. The van der Waals surface area contributed by atoms with Gasteiger partial charge >= 0.3 is 0 Å². The second kappa shape index (κ2) is 5.75. The smallest absolute Gasteiger partial charge is 0.185 e. The molecule has 0 saturated heterocycles. The molecule has 2 N–H and O–H groups in total. The number of nitrogens with zero attached hydrogens (tertiary/aromatic N) is 3. The lowest BCUT2D eigenvalue weighted by molar-refractivity contribution is 0.805. The van der Waals surface area contributed by atoms with Crippen LogP contribution in [0.25, 0.3) is 0 Å². The molecule has 0 aliphatic rings. The molecule has 0 amide bonds. The third-order valence-corrected chi connectivity index (χ3v) is 3.55. The maximum absolute atomic E-state index is 5.60. The Labute approximate surface area is 105 Å². The third kappa shape index (κ3) is 3.01. The number of pyridine rings is 1. The summed E-state index contributed by atoms with van der Waals surface area (Å²) in [4.78, 5) is 12.0. The van der Waals surface area contributed by atoms with Crippen LogP contribution in [0.5, 0.6) is 0 Å². The molecule has 17 heavy (non-hydrogen) atoms. The quantitative estimate of drug-likeness (QED) is 0.879. The molecular formula is C12H16N4S. The molecule has 0 radical (unpaired) electrons. The fourth-order valence-electron chi connectivity index (χ4n) is 1.54. The van der Waals surface area contributed by atoms with Gasteiger partial charge in [0, 0.05) is 30.4 Å². The van der Waals surface area contributed by atoms with Crippen molar-refractivity contribution >= 4 is 16.5 Å². The minimum Gasteiger partial charge on any atom is -0.342 e. The first-order valence-electron chi connectivity index (χ1n) is 5.63. The van der Waals surface area contributed by atoms with Crippen LogP contribution < -0.4 is 10.6 Å². The van der Waals surface area contributed by atoms with Gasteiger partial charge in [0.15, 0.2) is 5.13 Å². The molecule has 0 aromatic carbocycles. The first-order valence-corrected chi connectivity index (χ1v) is 6.44. The van der Waals surface area contributed by atoms with E-state index in [-0.39, 0.29) is 0 Å². The second-order valence-electron chi connectivity index (χ2n) is 3.65. The predicted octanol–water partition coefficient (Wildman–Crippen LogP) is 2.02. The number of hydrogen-bond acceptors (Lipinski definition) is 5. The molecule has 5 heteroatoms. The molecule has 2 rings (SSSR count). The summed E-state index contributed by atoms with van der Waals surface area (Å²) in [5.41, 5.74) is 6.65. The Morgan fingerprint density at radius 1 is 1.35 bits per heavy atom. The summed E-state index contributed by atoms with van der Waals surface area (Å²) in [6.07, 6.45) is 3.66. The number of anilines is 1. The largest absolute Gasteiger partial charge is 0.342 e. The van der Waals surface area contributed by atoms with E-state index in [1.165, 1.54) is 0 Å². The summed E-state index contributed by atoms with van der Waals surface area (Å²) in [6, 6.07) is 5.96. The van der Waals surface area contributed by atoms with E-state index in [4.69, 9.17) is 5.73 Å². The number of hydrogen-bond donors (Lipinski definition) is 1. The molecule has 2 aromatic rings. The summed E-state index contributed by atoms with van der Waals surface area (Å²) >= 11 is 1.65. The summed E-state index contributed by atoms with van der Waals surface area (Å²) in [5.74, 6) is 0. The Hall–Kier alpha value is -1.46. The van der Waals surface area contributed by atoms with E-state index in [1.807, 2.05) is 30.6 Å². The average molecular weight is 248 g/mol. The number of thiazole rings is 1. The van der Waals surface area contributed by atoms with Gasteiger partial charge in [-0.05, 0) is 19.1 Å². The van der Waals surface area contributed by atoms with Crippen molar-refractivity contribution < 1.29 is 0 Å². The number of aromatic nitrogens is 2. The minimum absolute atomic E-state index is 0.554. The molecule has 2 aromatic heterocycles. The Kier molecular flexibility index (Phi) is 4.06. The summed E-state index contributed by atoms with van der Waals surface area (Å²) < 4.78 is 0. The van der Waals surface area contributed by atoms with Gasteiger partial charge in [-0.25, -0.2) is 4.98 Å². The lowest BCUT2D eigenvalue weighted by Crippen LogP contribution is -2.22. The van der Waals surface area contributed by atoms with Gasteiger partial charge < -0.3 is 10.6 Å². The highest BCUT2D eigenvalue weighted by atomic mass is 32.1. The highest BCUT2D eigenvalue weighted by molar-refractivity contribution is 7.15. The van der Waals surface area contributed by atoms with Gasteiger partial charge in [0.1, 0.15) is 0 Å². The van der Waals surface area contributed by atoms with E-state index in [9.17, 15) is 0 Å². The van der Waals surface area contributed by atoms with Gasteiger partial charge in [0.05, 0.1) is 12.2 Å². The van der Waals surface area contributed by atoms with Crippen molar-refractivity contribution in [3.63, 3.8) is 0 Å². The molecule has 0 aliphatic heterocycles. The average Bonchev–Trinajstić information content (AvgIpc) is 2.86. The van der Waals surface area contributed by atoms with E-state index in [1.54, 1.807) is 11.3 Å². The standard InChI is InChI=1S/C12H16N4S/c1-2-16(9-10-5-3-4-6-14-10)12-15-8-11(7-13)17-12/h3-6,8H,2,7,9,13H2,1H3. The molecule has 2 heterocycles. The number of rotatable bonds is 5. The van der Waals surface area contributed by atoms with Crippen molar-refractivity contribution in [2.75, 3.05) is 11.4 Å². The zero-order chi connectivity index (χ0) is 12.1. The van der Waals surface area contributed by atoms with Crippen molar-refractivity contribution in [3.8, 4) is 0 Å². The van der Waals surface area contributed by atoms with Crippen molar-refractivity contribution in [2.24, 2.45) is 5.73 Å². The van der Waals surface area contributed by atoms with Gasteiger partial charge in [-0.1, -0.05) is 6.07 Å². The highest BCUT2D eigenvalue weighted by Gasteiger charge is 2.10. The number of nitrogens with two attached hydrogens (primary N) is 1.